The number of nitro benzene ring substituents is 1. The van der Waals surface area contributed by atoms with Gasteiger partial charge in [-0.15, -0.1) is 10.2 Å². The molecule has 0 saturated carbocycles. The molecule has 0 saturated heterocycles. The minimum absolute atomic E-state index is 0.0392. The maximum absolute atomic E-state index is 12.1. The third-order valence-corrected chi connectivity index (χ3v) is 5.15. The van der Waals surface area contributed by atoms with E-state index in [4.69, 9.17) is 4.74 Å². The molecule has 11 heteroatoms. The van der Waals surface area contributed by atoms with E-state index in [2.05, 4.69) is 20.6 Å². The van der Waals surface area contributed by atoms with Crippen LogP contribution in [-0.2, 0) is 11.2 Å². The average molecular weight is 424 g/mol. The molecule has 0 unspecified atom stereocenters. The van der Waals surface area contributed by atoms with Crippen molar-refractivity contribution in [1.82, 2.24) is 19.8 Å². The zero-order valence-corrected chi connectivity index (χ0v) is 16.6. The molecular weight excluding hydrogens is 408 g/mol. The highest BCUT2D eigenvalue weighted by molar-refractivity contribution is 7.19. The molecular formula is C19H16N6O4S. The second-order valence-electron chi connectivity index (χ2n) is 6.24. The Kier molecular flexibility index (Phi) is 5.35. The first kappa shape index (κ1) is 19.5. The monoisotopic (exact) mass is 424 g/mol. The summed E-state index contributed by atoms with van der Waals surface area (Å²) in [5.74, 6) is 0.845. The zero-order valence-electron chi connectivity index (χ0n) is 15.8. The molecule has 4 aromatic rings. The van der Waals surface area contributed by atoms with Crippen LogP contribution in [0.4, 0.5) is 11.4 Å². The van der Waals surface area contributed by atoms with Crippen LogP contribution in [0.25, 0.3) is 15.5 Å². The molecule has 30 heavy (non-hydrogen) atoms. The predicted octanol–water partition coefficient (Wildman–Crippen LogP) is 3.34. The van der Waals surface area contributed by atoms with Crippen molar-refractivity contribution in [1.29, 1.82) is 0 Å². The molecule has 0 fully saturated rings. The summed E-state index contributed by atoms with van der Waals surface area (Å²) >= 11 is 1.44. The number of nitrogens with one attached hydrogen (secondary N) is 1. The van der Waals surface area contributed by atoms with Gasteiger partial charge in [0.1, 0.15) is 10.8 Å². The minimum atomic E-state index is -0.497. The summed E-state index contributed by atoms with van der Waals surface area (Å²) in [6, 6.07) is 12.8. The lowest BCUT2D eigenvalue weighted by molar-refractivity contribution is -0.384. The Morgan fingerprint density at radius 2 is 1.90 bits per heavy atom. The van der Waals surface area contributed by atoms with E-state index in [1.165, 1.54) is 35.6 Å². The molecule has 0 bridgehead atoms. The van der Waals surface area contributed by atoms with Gasteiger partial charge in [-0.1, -0.05) is 18.3 Å². The smallest absolute Gasteiger partial charge is 0.269 e. The van der Waals surface area contributed by atoms with E-state index in [-0.39, 0.29) is 18.2 Å². The maximum atomic E-state index is 12.1. The van der Waals surface area contributed by atoms with Gasteiger partial charge in [0.2, 0.25) is 4.96 Å². The fourth-order valence-electron chi connectivity index (χ4n) is 2.70. The van der Waals surface area contributed by atoms with E-state index in [0.717, 1.165) is 27.8 Å². The molecule has 0 aliphatic heterocycles. The lowest BCUT2D eigenvalue weighted by Crippen LogP contribution is -2.20. The fourth-order valence-corrected chi connectivity index (χ4v) is 3.56. The lowest BCUT2D eigenvalue weighted by atomic mass is 10.2. The Morgan fingerprint density at radius 1 is 1.17 bits per heavy atom. The topological polar surface area (TPSA) is 125 Å². The van der Waals surface area contributed by atoms with Crippen molar-refractivity contribution in [2.45, 2.75) is 13.3 Å². The van der Waals surface area contributed by atoms with Crippen LogP contribution in [0.2, 0.25) is 0 Å². The number of rotatable bonds is 7. The summed E-state index contributed by atoms with van der Waals surface area (Å²) in [4.78, 5) is 23.0. The Hall–Kier alpha value is -3.86. The number of carbonyl (C=O) groups excluding carboxylic acids is 1. The Balaban J connectivity index is 1.36. The molecule has 0 aliphatic rings. The maximum Gasteiger partial charge on any atom is 0.269 e. The zero-order chi connectivity index (χ0) is 21.1. The Morgan fingerprint density at radius 3 is 2.57 bits per heavy atom. The number of aromatic nitrogens is 4. The molecule has 0 atom stereocenters. The quantitative estimate of drug-likeness (QED) is 0.356. The van der Waals surface area contributed by atoms with Crippen molar-refractivity contribution in [3.8, 4) is 16.3 Å². The van der Waals surface area contributed by atoms with Crippen molar-refractivity contribution in [3.63, 3.8) is 0 Å². The second-order valence-corrected chi connectivity index (χ2v) is 7.19. The number of nitrogens with zero attached hydrogens (tertiary/aromatic N) is 5. The summed E-state index contributed by atoms with van der Waals surface area (Å²) in [6.45, 7) is 1.79. The highest BCUT2D eigenvalue weighted by Gasteiger charge is 2.12. The highest BCUT2D eigenvalue weighted by Crippen LogP contribution is 2.26. The molecule has 2 aromatic heterocycles. The first-order chi connectivity index (χ1) is 14.5. The molecule has 152 valence electrons. The van der Waals surface area contributed by atoms with Gasteiger partial charge >= 0.3 is 0 Å². The molecule has 4 rings (SSSR count). The number of hydrogen-bond donors (Lipinski definition) is 1. The number of hydrogen-bond acceptors (Lipinski definition) is 8. The number of aryl methyl sites for hydroxylation is 1. The summed E-state index contributed by atoms with van der Waals surface area (Å²) in [6.07, 6.45) is 0.747. The van der Waals surface area contributed by atoms with Gasteiger partial charge in [-0.25, -0.2) is 0 Å². The van der Waals surface area contributed by atoms with Gasteiger partial charge in [0.15, 0.2) is 12.4 Å². The molecule has 2 aromatic carbocycles. The van der Waals surface area contributed by atoms with Crippen LogP contribution in [0.15, 0.2) is 48.5 Å². The molecule has 1 N–H and O–H groups in total. The molecule has 0 radical (unpaired) electrons. The van der Waals surface area contributed by atoms with Crippen molar-refractivity contribution < 1.29 is 14.5 Å². The number of fused-ring (bicyclic) bond motifs is 1. The van der Waals surface area contributed by atoms with Gasteiger partial charge in [0, 0.05) is 29.8 Å². The number of ether oxygens (including phenoxy) is 1. The fraction of sp³-hybridized carbons (Fsp3) is 0.158. The van der Waals surface area contributed by atoms with E-state index in [1.54, 1.807) is 16.6 Å². The van der Waals surface area contributed by atoms with Crippen LogP contribution < -0.4 is 10.1 Å². The number of nitro groups is 1. The van der Waals surface area contributed by atoms with E-state index in [0.29, 0.717) is 11.4 Å². The number of carbonyl (C=O) groups is 1. The van der Waals surface area contributed by atoms with E-state index >= 15 is 0 Å². The van der Waals surface area contributed by atoms with Crippen LogP contribution in [0.5, 0.6) is 5.75 Å². The number of anilines is 1. The Labute approximate surface area is 174 Å². The van der Waals surface area contributed by atoms with Gasteiger partial charge < -0.3 is 10.1 Å². The van der Waals surface area contributed by atoms with Gasteiger partial charge in [-0.2, -0.15) is 9.61 Å². The number of non-ortho nitro benzene ring substituents is 1. The molecule has 1 amide bonds. The number of amides is 1. The third kappa shape index (κ3) is 4.10. The van der Waals surface area contributed by atoms with Crippen molar-refractivity contribution >= 4 is 33.6 Å². The van der Waals surface area contributed by atoms with Crippen LogP contribution >= 0.6 is 11.3 Å². The van der Waals surface area contributed by atoms with E-state index in [9.17, 15) is 14.9 Å². The molecule has 0 spiro atoms. The summed E-state index contributed by atoms with van der Waals surface area (Å²) in [5, 5.41) is 26.9. The third-order valence-electron chi connectivity index (χ3n) is 4.20. The van der Waals surface area contributed by atoms with Gasteiger partial charge in [-0.3, -0.25) is 14.9 Å². The summed E-state index contributed by atoms with van der Waals surface area (Å²) in [5.41, 5.74) is 1.49. The van der Waals surface area contributed by atoms with Crippen molar-refractivity contribution in [3.05, 3.63) is 64.5 Å². The lowest BCUT2D eigenvalue weighted by Gasteiger charge is -2.08. The summed E-state index contributed by atoms with van der Waals surface area (Å²) in [7, 11) is 0. The van der Waals surface area contributed by atoms with Gasteiger partial charge in [-0.05, 0) is 36.4 Å². The minimum Gasteiger partial charge on any atom is -0.484 e. The van der Waals surface area contributed by atoms with Gasteiger partial charge in [0.05, 0.1) is 4.92 Å². The van der Waals surface area contributed by atoms with Crippen LogP contribution in [0.1, 0.15) is 12.7 Å². The first-order valence-electron chi connectivity index (χ1n) is 9.02. The van der Waals surface area contributed by atoms with Crippen LogP contribution in [-0.4, -0.2) is 37.2 Å². The van der Waals surface area contributed by atoms with Crippen molar-refractivity contribution in [2.24, 2.45) is 0 Å². The predicted molar refractivity (Wildman–Crippen MR) is 111 cm³/mol. The average Bonchev–Trinajstić information content (AvgIpc) is 3.34. The normalized spacial score (nSPS) is 10.8. The largest absolute Gasteiger partial charge is 0.484 e. The highest BCUT2D eigenvalue weighted by atomic mass is 32.1. The molecule has 2 heterocycles. The molecule has 0 aliphatic carbocycles. The molecule has 10 nitrogen and oxygen atoms in total. The van der Waals surface area contributed by atoms with E-state index in [1.807, 2.05) is 19.1 Å². The summed E-state index contributed by atoms with van der Waals surface area (Å²) < 4.78 is 7.10. The number of benzene rings is 2. The van der Waals surface area contributed by atoms with E-state index < -0.39 is 4.92 Å². The SMILES string of the molecule is CCc1nnc2sc(-c3ccc(NC(=O)COc4ccc([N+](=O)[O-])cc4)cc3)nn12. The van der Waals surface area contributed by atoms with Crippen LogP contribution in [0.3, 0.4) is 0 Å². The second kappa shape index (κ2) is 8.25. The van der Waals surface area contributed by atoms with Gasteiger partial charge in [0.25, 0.3) is 11.6 Å². The van der Waals surface area contributed by atoms with Crippen molar-refractivity contribution in [2.75, 3.05) is 11.9 Å². The first-order valence-corrected chi connectivity index (χ1v) is 9.84. The Bertz CT molecular complexity index is 1200. The standard InChI is InChI=1S/C19H16N6O4S/c1-2-16-21-22-19-24(16)23-18(30-19)12-3-5-13(6-4-12)20-17(26)11-29-15-9-7-14(8-10-15)25(27)28/h3-10H,2,11H2,1H3,(H,20,26). The van der Waals surface area contributed by atoms with Crippen LogP contribution in [0, 0.1) is 10.1 Å².